The van der Waals surface area contributed by atoms with Crippen LogP contribution in [0.25, 0.3) is 0 Å². The molecule has 0 aliphatic carbocycles. The molecule has 1 amide bonds. The quantitative estimate of drug-likeness (QED) is 0.658. The van der Waals surface area contributed by atoms with Gasteiger partial charge in [-0.1, -0.05) is 18.2 Å². The largest absolute Gasteiger partial charge is 0.352 e. The van der Waals surface area contributed by atoms with E-state index in [1.54, 1.807) is 31.2 Å². The molecule has 4 N–H and O–H groups in total. The molecule has 0 bridgehead atoms. The second-order valence-electron chi connectivity index (χ2n) is 5.85. The second-order valence-corrected chi connectivity index (χ2v) is 7.53. The van der Waals surface area contributed by atoms with Gasteiger partial charge in [0.25, 0.3) is 15.9 Å². The third-order valence-electron chi connectivity index (χ3n) is 3.70. The molecular formula is C18H23N3O3S. The van der Waals surface area contributed by atoms with Crippen LogP contribution in [0.4, 0.5) is 5.69 Å². The molecular weight excluding hydrogens is 338 g/mol. The summed E-state index contributed by atoms with van der Waals surface area (Å²) in [6.07, 6.45) is 0.664. The molecule has 0 fully saturated rings. The fourth-order valence-corrected chi connectivity index (χ4v) is 3.41. The van der Waals surface area contributed by atoms with E-state index in [0.29, 0.717) is 36.3 Å². The molecule has 0 aliphatic heterocycles. The molecule has 134 valence electrons. The number of nitrogens with one attached hydrogen (secondary N) is 2. The predicted octanol–water partition coefficient (Wildman–Crippen LogP) is 2.18. The number of hydrogen-bond acceptors (Lipinski definition) is 4. The molecule has 7 heteroatoms. The highest BCUT2D eigenvalue weighted by Crippen LogP contribution is 2.20. The first-order valence-electron chi connectivity index (χ1n) is 8.02. The minimum Gasteiger partial charge on any atom is -0.352 e. The van der Waals surface area contributed by atoms with Crippen LogP contribution in [0.1, 0.15) is 27.9 Å². The topological polar surface area (TPSA) is 101 Å². The fraction of sp³-hybridized carbons (Fsp3) is 0.278. The van der Waals surface area contributed by atoms with E-state index in [1.807, 2.05) is 13.0 Å². The Balaban J connectivity index is 2.26. The second kappa shape index (κ2) is 8.13. The Labute approximate surface area is 148 Å². The summed E-state index contributed by atoms with van der Waals surface area (Å²) in [7, 11) is -3.78. The smallest absolute Gasteiger partial charge is 0.261 e. The van der Waals surface area contributed by atoms with E-state index in [1.165, 1.54) is 12.1 Å². The van der Waals surface area contributed by atoms with Gasteiger partial charge in [-0.2, -0.15) is 0 Å². The maximum absolute atomic E-state index is 12.6. The van der Waals surface area contributed by atoms with Crippen LogP contribution in [0, 0.1) is 13.8 Å². The summed E-state index contributed by atoms with van der Waals surface area (Å²) in [5.41, 5.74) is 7.88. The van der Waals surface area contributed by atoms with Gasteiger partial charge in [0.1, 0.15) is 0 Å². The van der Waals surface area contributed by atoms with Gasteiger partial charge in [-0.25, -0.2) is 8.42 Å². The van der Waals surface area contributed by atoms with Crippen molar-refractivity contribution >= 4 is 21.6 Å². The molecule has 0 aromatic heterocycles. The lowest BCUT2D eigenvalue weighted by Crippen LogP contribution is -2.27. The summed E-state index contributed by atoms with van der Waals surface area (Å²) < 4.78 is 27.7. The van der Waals surface area contributed by atoms with Crippen molar-refractivity contribution in [2.75, 3.05) is 17.8 Å². The number of sulfonamides is 1. The van der Waals surface area contributed by atoms with Crippen LogP contribution in [0.15, 0.2) is 47.4 Å². The van der Waals surface area contributed by atoms with Crippen molar-refractivity contribution in [2.45, 2.75) is 25.2 Å². The Morgan fingerprint density at radius 2 is 1.88 bits per heavy atom. The standard InChI is InChI=1S/C18H23N3O3S/c1-13-5-3-6-15(11-13)21-25(23,24)16-8-7-14(2)17(12-16)18(22)20-10-4-9-19/h3,5-8,11-12,21H,4,9-10,19H2,1-2H3,(H,20,22). The van der Waals surface area contributed by atoms with Gasteiger partial charge in [0.15, 0.2) is 0 Å². The molecule has 6 nitrogen and oxygen atoms in total. The van der Waals surface area contributed by atoms with E-state index in [0.717, 1.165) is 5.56 Å². The highest BCUT2D eigenvalue weighted by molar-refractivity contribution is 7.92. The molecule has 2 aromatic carbocycles. The number of amides is 1. The van der Waals surface area contributed by atoms with E-state index >= 15 is 0 Å². The maximum atomic E-state index is 12.6. The minimum absolute atomic E-state index is 0.0450. The van der Waals surface area contributed by atoms with E-state index in [9.17, 15) is 13.2 Å². The van der Waals surface area contributed by atoms with Crippen molar-refractivity contribution in [1.29, 1.82) is 0 Å². The third kappa shape index (κ3) is 5.04. The average molecular weight is 361 g/mol. The number of benzene rings is 2. The van der Waals surface area contributed by atoms with Gasteiger partial charge < -0.3 is 11.1 Å². The lowest BCUT2D eigenvalue weighted by molar-refractivity contribution is 0.0952. The summed E-state index contributed by atoms with van der Waals surface area (Å²) in [6, 6.07) is 11.6. The van der Waals surface area contributed by atoms with Crippen molar-refractivity contribution < 1.29 is 13.2 Å². The van der Waals surface area contributed by atoms with Gasteiger partial charge in [-0.05, 0) is 62.2 Å². The number of anilines is 1. The zero-order chi connectivity index (χ0) is 18.4. The number of carbonyl (C=O) groups is 1. The molecule has 0 spiro atoms. The van der Waals surface area contributed by atoms with Gasteiger partial charge in [-0.3, -0.25) is 9.52 Å². The highest BCUT2D eigenvalue weighted by Gasteiger charge is 2.18. The van der Waals surface area contributed by atoms with Crippen molar-refractivity contribution in [2.24, 2.45) is 5.73 Å². The lowest BCUT2D eigenvalue weighted by atomic mass is 10.1. The molecule has 0 unspecified atom stereocenters. The molecule has 0 heterocycles. The maximum Gasteiger partial charge on any atom is 0.261 e. The number of carbonyl (C=O) groups excluding carboxylic acids is 1. The Bertz CT molecular complexity index is 864. The summed E-state index contributed by atoms with van der Waals surface area (Å²) in [4.78, 5) is 12.3. The van der Waals surface area contributed by atoms with Crippen LogP contribution < -0.4 is 15.8 Å². The molecule has 0 atom stereocenters. The SMILES string of the molecule is Cc1cccc(NS(=O)(=O)c2ccc(C)c(C(=O)NCCCN)c2)c1. The summed E-state index contributed by atoms with van der Waals surface area (Å²) in [5, 5.41) is 2.74. The van der Waals surface area contributed by atoms with E-state index in [-0.39, 0.29) is 10.8 Å². The number of nitrogens with two attached hydrogens (primary N) is 1. The minimum atomic E-state index is -3.78. The van der Waals surface area contributed by atoms with Crippen molar-refractivity contribution in [3.05, 3.63) is 59.2 Å². The lowest BCUT2D eigenvalue weighted by Gasteiger charge is -2.12. The van der Waals surface area contributed by atoms with Gasteiger partial charge in [0, 0.05) is 17.8 Å². The molecule has 0 radical (unpaired) electrons. The Hall–Kier alpha value is -2.38. The first-order chi connectivity index (χ1) is 11.8. The van der Waals surface area contributed by atoms with Crippen LogP contribution in [-0.4, -0.2) is 27.4 Å². The van der Waals surface area contributed by atoms with Crippen LogP contribution in [0.3, 0.4) is 0 Å². The Morgan fingerprint density at radius 3 is 2.56 bits per heavy atom. The van der Waals surface area contributed by atoms with Crippen molar-refractivity contribution in [1.82, 2.24) is 5.32 Å². The molecule has 0 saturated heterocycles. The van der Waals surface area contributed by atoms with Crippen LogP contribution in [0.5, 0.6) is 0 Å². The molecule has 2 rings (SSSR count). The molecule has 0 aliphatic rings. The van der Waals surface area contributed by atoms with E-state index < -0.39 is 10.0 Å². The van der Waals surface area contributed by atoms with Crippen LogP contribution >= 0.6 is 0 Å². The summed E-state index contributed by atoms with van der Waals surface area (Å²) in [5.74, 6) is -0.307. The van der Waals surface area contributed by atoms with Crippen LogP contribution in [-0.2, 0) is 10.0 Å². The zero-order valence-electron chi connectivity index (χ0n) is 14.4. The third-order valence-corrected chi connectivity index (χ3v) is 5.08. The average Bonchev–Trinajstić information content (AvgIpc) is 2.54. The van der Waals surface area contributed by atoms with E-state index in [4.69, 9.17) is 5.73 Å². The summed E-state index contributed by atoms with van der Waals surface area (Å²) >= 11 is 0. The van der Waals surface area contributed by atoms with E-state index in [2.05, 4.69) is 10.0 Å². The van der Waals surface area contributed by atoms with Crippen LogP contribution in [0.2, 0.25) is 0 Å². The fourth-order valence-electron chi connectivity index (χ4n) is 2.33. The number of hydrogen-bond donors (Lipinski definition) is 3. The van der Waals surface area contributed by atoms with Gasteiger partial charge in [0.2, 0.25) is 0 Å². The number of rotatable bonds is 7. The first kappa shape index (κ1) is 19.0. The highest BCUT2D eigenvalue weighted by atomic mass is 32.2. The normalized spacial score (nSPS) is 11.2. The first-order valence-corrected chi connectivity index (χ1v) is 9.50. The van der Waals surface area contributed by atoms with Crippen molar-refractivity contribution in [3.8, 4) is 0 Å². The van der Waals surface area contributed by atoms with Gasteiger partial charge in [-0.15, -0.1) is 0 Å². The van der Waals surface area contributed by atoms with Gasteiger partial charge in [0.05, 0.1) is 4.90 Å². The zero-order valence-corrected chi connectivity index (χ0v) is 15.2. The van der Waals surface area contributed by atoms with Crippen molar-refractivity contribution in [3.63, 3.8) is 0 Å². The Morgan fingerprint density at radius 1 is 1.12 bits per heavy atom. The Kier molecular flexibility index (Phi) is 6.17. The predicted molar refractivity (Wildman–Crippen MR) is 99.2 cm³/mol. The molecule has 2 aromatic rings. The molecule has 0 saturated carbocycles. The monoisotopic (exact) mass is 361 g/mol. The van der Waals surface area contributed by atoms with Gasteiger partial charge >= 0.3 is 0 Å². The molecule has 25 heavy (non-hydrogen) atoms. The number of aryl methyl sites for hydroxylation is 2. The summed E-state index contributed by atoms with van der Waals surface area (Å²) in [6.45, 7) is 4.58.